The Morgan fingerprint density at radius 3 is 2.03 bits per heavy atom. The van der Waals surface area contributed by atoms with E-state index in [2.05, 4.69) is 29.2 Å². The molecule has 0 N–H and O–H groups in total. The molecule has 3 aromatic carbocycles. The minimum Gasteiger partial charge on any atom is -0.336 e. The summed E-state index contributed by atoms with van der Waals surface area (Å²) in [4.78, 5) is 16.8. The summed E-state index contributed by atoms with van der Waals surface area (Å²) in [6, 6.07) is 24.5. The number of carbonyl (C=O) groups is 1. The van der Waals surface area contributed by atoms with Crippen LogP contribution in [-0.2, 0) is 0 Å². The highest BCUT2D eigenvalue weighted by atomic mass is 35.5. The van der Waals surface area contributed by atoms with Crippen LogP contribution in [0.2, 0.25) is 5.02 Å². The zero-order valence-electron chi connectivity index (χ0n) is 16.0. The molecule has 1 heterocycles. The fourth-order valence-corrected chi connectivity index (χ4v) is 4.01. The summed E-state index contributed by atoms with van der Waals surface area (Å²) in [7, 11) is 0. The predicted octanol–water partition coefficient (Wildman–Crippen LogP) is 5.03. The Labute approximate surface area is 175 Å². The Kier molecular flexibility index (Phi) is 5.93. The summed E-state index contributed by atoms with van der Waals surface area (Å²) < 4.78 is 14.0. The molecule has 29 heavy (non-hydrogen) atoms. The standard InChI is InChI=1S/C24H22ClFN2O/c25-20-12-10-19(11-13-20)23(18-6-2-1-3-7-18)27-14-16-28(17-15-27)24(29)21-8-4-5-9-22(21)26/h1-13,23H,14-17H2/t23-/m0/s1. The van der Waals surface area contributed by atoms with Gasteiger partial charge in [-0.15, -0.1) is 0 Å². The second-order valence-electron chi connectivity index (χ2n) is 7.17. The van der Waals surface area contributed by atoms with Crippen molar-refractivity contribution in [3.05, 3.63) is 106 Å². The third kappa shape index (κ3) is 4.34. The molecule has 148 valence electrons. The average molecular weight is 409 g/mol. The summed E-state index contributed by atoms with van der Waals surface area (Å²) in [5.74, 6) is -0.714. The van der Waals surface area contributed by atoms with Gasteiger partial charge >= 0.3 is 0 Å². The third-order valence-electron chi connectivity index (χ3n) is 5.37. The Balaban J connectivity index is 1.53. The zero-order chi connectivity index (χ0) is 20.2. The highest BCUT2D eigenvalue weighted by Gasteiger charge is 2.29. The van der Waals surface area contributed by atoms with E-state index < -0.39 is 5.82 Å². The van der Waals surface area contributed by atoms with Crippen molar-refractivity contribution in [1.82, 2.24) is 9.80 Å². The Bertz CT molecular complexity index is 970. The molecular weight excluding hydrogens is 387 g/mol. The molecule has 0 saturated carbocycles. The molecule has 1 atom stereocenters. The first-order valence-electron chi connectivity index (χ1n) is 9.72. The predicted molar refractivity (Wildman–Crippen MR) is 114 cm³/mol. The van der Waals surface area contributed by atoms with Crippen LogP contribution in [0, 0.1) is 5.82 Å². The van der Waals surface area contributed by atoms with Crippen molar-refractivity contribution < 1.29 is 9.18 Å². The van der Waals surface area contributed by atoms with Gasteiger partial charge < -0.3 is 4.90 Å². The third-order valence-corrected chi connectivity index (χ3v) is 5.62. The van der Waals surface area contributed by atoms with E-state index in [4.69, 9.17) is 11.6 Å². The van der Waals surface area contributed by atoms with E-state index in [0.717, 1.165) is 5.56 Å². The topological polar surface area (TPSA) is 23.6 Å². The highest BCUT2D eigenvalue weighted by molar-refractivity contribution is 6.30. The molecule has 3 aromatic rings. The number of amides is 1. The number of halogens is 2. The lowest BCUT2D eigenvalue weighted by Gasteiger charge is -2.39. The maximum absolute atomic E-state index is 14.0. The number of rotatable bonds is 4. The summed E-state index contributed by atoms with van der Waals surface area (Å²) in [5.41, 5.74) is 2.50. The van der Waals surface area contributed by atoms with Gasteiger partial charge in [0.2, 0.25) is 0 Å². The van der Waals surface area contributed by atoms with Crippen LogP contribution in [0.1, 0.15) is 27.5 Å². The Morgan fingerprint density at radius 2 is 1.38 bits per heavy atom. The molecule has 1 fully saturated rings. The second-order valence-corrected chi connectivity index (χ2v) is 7.61. The molecule has 5 heteroatoms. The van der Waals surface area contributed by atoms with Crippen molar-refractivity contribution in [2.24, 2.45) is 0 Å². The van der Waals surface area contributed by atoms with Gasteiger partial charge in [0, 0.05) is 31.2 Å². The Hall–Kier alpha value is -2.69. The Morgan fingerprint density at radius 1 is 0.793 bits per heavy atom. The van der Waals surface area contributed by atoms with Gasteiger partial charge in [-0.05, 0) is 35.4 Å². The molecule has 0 radical (unpaired) electrons. The van der Waals surface area contributed by atoms with Crippen molar-refractivity contribution >= 4 is 17.5 Å². The van der Waals surface area contributed by atoms with Crippen molar-refractivity contribution in [1.29, 1.82) is 0 Å². The number of nitrogens with zero attached hydrogens (tertiary/aromatic N) is 2. The van der Waals surface area contributed by atoms with Crippen LogP contribution in [0.4, 0.5) is 4.39 Å². The van der Waals surface area contributed by atoms with Crippen molar-refractivity contribution in [3.8, 4) is 0 Å². The normalized spacial score (nSPS) is 15.9. The minimum atomic E-state index is -0.469. The number of carbonyl (C=O) groups excluding carboxylic acids is 1. The van der Waals surface area contributed by atoms with Crippen molar-refractivity contribution in [2.45, 2.75) is 6.04 Å². The van der Waals surface area contributed by atoms with Gasteiger partial charge in [-0.2, -0.15) is 0 Å². The molecule has 0 unspecified atom stereocenters. The first-order chi connectivity index (χ1) is 14.1. The maximum Gasteiger partial charge on any atom is 0.256 e. The summed E-state index contributed by atoms with van der Waals surface area (Å²) >= 11 is 6.08. The molecular formula is C24H22ClFN2O. The SMILES string of the molecule is O=C(c1ccccc1F)N1CCN([C@@H](c2ccccc2)c2ccc(Cl)cc2)CC1. The lowest BCUT2D eigenvalue weighted by Crippen LogP contribution is -2.50. The van der Waals surface area contributed by atoms with E-state index >= 15 is 0 Å². The molecule has 1 saturated heterocycles. The van der Waals surface area contributed by atoms with E-state index in [9.17, 15) is 9.18 Å². The maximum atomic E-state index is 14.0. The minimum absolute atomic E-state index is 0.0826. The first-order valence-corrected chi connectivity index (χ1v) is 10.1. The van der Waals surface area contributed by atoms with E-state index in [1.54, 1.807) is 23.1 Å². The first kappa shape index (κ1) is 19.6. The van der Waals surface area contributed by atoms with Crippen LogP contribution < -0.4 is 0 Å². The fraction of sp³-hybridized carbons (Fsp3) is 0.208. The van der Waals surface area contributed by atoms with Crippen LogP contribution in [-0.4, -0.2) is 41.9 Å². The molecule has 0 aromatic heterocycles. The van der Waals surface area contributed by atoms with E-state index in [0.29, 0.717) is 31.2 Å². The van der Waals surface area contributed by atoms with Crippen LogP contribution in [0.3, 0.4) is 0 Å². The fourth-order valence-electron chi connectivity index (χ4n) is 3.88. The lowest BCUT2D eigenvalue weighted by atomic mass is 9.96. The highest BCUT2D eigenvalue weighted by Crippen LogP contribution is 2.30. The second kappa shape index (κ2) is 8.76. The number of benzene rings is 3. The van der Waals surface area contributed by atoms with Gasteiger partial charge in [0.25, 0.3) is 5.91 Å². The van der Waals surface area contributed by atoms with E-state index in [1.165, 1.54) is 11.6 Å². The van der Waals surface area contributed by atoms with Crippen LogP contribution in [0.5, 0.6) is 0 Å². The average Bonchev–Trinajstić information content (AvgIpc) is 2.76. The lowest BCUT2D eigenvalue weighted by molar-refractivity contribution is 0.0593. The van der Waals surface area contributed by atoms with E-state index in [-0.39, 0.29) is 17.5 Å². The molecule has 0 spiro atoms. The van der Waals surface area contributed by atoms with Crippen molar-refractivity contribution in [2.75, 3.05) is 26.2 Å². The molecule has 3 nitrogen and oxygen atoms in total. The summed E-state index contributed by atoms with van der Waals surface area (Å²) in [6.45, 7) is 2.54. The smallest absolute Gasteiger partial charge is 0.256 e. The van der Waals surface area contributed by atoms with Gasteiger partial charge in [-0.25, -0.2) is 4.39 Å². The van der Waals surface area contributed by atoms with E-state index in [1.807, 2.05) is 30.3 Å². The summed E-state index contributed by atoms with van der Waals surface area (Å²) in [6.07, 6.45) is 0. The van der Waals surface area contributed by atoms with Gasteiger partial charge in [-0.1, -0.05) is 66.2 Å². The zero-order valence-corrected chi connectivity index (χ0v) is 16.7. The molecule has 0 aliphatic carbocycles. The van der Waals surface area contributed by atoms with Gasteiger partial charge in [0.1, 0.15) is 5.82 Å². The molecule has 1 aliphatic heterocycles. The molecule has 1 aliphatic rings. The van der Waals surface area contributed by atoms with Gasteiger partial charge in [-0.3, -0.25) is 9.69 Å². The largest absolute Gasteiger partial charge is 0.336 e. The van der Waals surface area contributed by atoms with Crippen LogP contribution >= 0.6 is 11.6 Å². The van der Waals surface area contributed by atoms with Crippen LogP contribution in [0.25, 0.3) is 0 Å². The van der Waals surface area contributed by atoms with Crippen molar-refractivity contribution in [3.63, 3.8) is 0 Å². The van der Waals surface area contributed by atoms with Gasteiger partial charge in [0.15, 0.2) is 0 Å². The molecule has 4 rings (SSSR count). The number of hydrogen-bond acceptors (Lipinski definition) is 2. The number of piperazine rings is 1. The van der Waals surface area contributed by atoms with Crippen LogP contribution in [0.15, 0.2) is 78.9 Å². The molecule has 1 amide bonds. The quantitative estimate of drug-likeness (QED) is 0.604. The van der Waals surface area contributed by atoms with Gasteiger partial charge in [0.05, 0.1) is 11.6 Å². The monoisotopic (exact) mass is 408 g/mol. The molecule has 0 bridgehead atoms. The number of hydrogen-bond donors (Lipinski definition) is 0. The summed E-state index contributed by atoms with van der Waals surface area (Å²) in [5, 5.41) is 0.709.